The first-order valence-corrected chi connectivity index (χ1v) is 7.94. The number of unbranched alkanes of at least 4 members (excludes halogenated alkanes) is 1. The molecule has 1 aliphatic rings. The van der Waals surface area contributed by atoms with Crippen LogP contribution in [0.2, 0.25) is 0 Å². The predicted octanol–water partition coefficient (Wildman–Crippen LogP) is 3.04. The summed E-state index contributed by atoms with van der Waals surface area (Å²) in [6, 6.07) is 4.75. The molecule has 0 aromatic heterocycles. The van der Waals surface area contributed by atoms with Gasteiger partial charge in [0.2, 0.25) is 0 Å². The van der Waals surface area contributed by atoms with E-state index in [9.17, 15) is 4.79 Å². The summed E-state index contributed by atoms with van der Waals surface area (Å²) in [7, 11) is 1.53. The van der Waals surface area contributed by atoms with E-state index in [1.165, 1.54) is 32.6 Å². The summed E-state index contributed by atoms with van der Waals surface area (Å²) in [5.41, 5.74) is 0.207. The summed E-state index contributed by atoms with van der Waals surface area (Å²) in [5.74, 6) is 0.141. The molecule has 0 aliphatic carbocycles. The van der Waals surface area contributed by atoms with E-state index in [-0.39, 0.29) is 11.7 Å². The Balaban J connectivity index is 1.93. The number of hydrogen-bond acceptors (Lipinski definition) is 4. The molecule has 22 heavy (non-hydrogen) atoms. The summed E-state index contributed by atoms with van der Waals surface area (Å²) >= 11 is 0. The fourth-order valence-corrected chi connectivity index (χ4v) is 2.71. The summed E-state index contributed by atoms with van der Waals surface area (Å²) < 4.78 is 11.3. The summed E-state index contributed by atoms with van der Waals surface area (Å²) in [5, 5.41) is 9.02. The van der Waals surface area contributed by atoms with E-state index in [4.69, 9.17) is 14.6 Å². The van der Waals surface area contributed by atoms with Crippen LogP contribution in [-0.2, 0) is 0 Å². The van der Waals surface area contributed by atoms with Gasteiger partial charge in [-0.2, -0.15) is 0 Å². The molecule has 1 fully saturated rings. The molecule has 0 amide bonds. The second-order valence-corrected chi connectivity index (χ2v) is 5.68. The lowest BCUT2D eigenvalue weighted by atomic mass is 10.1. The molecule has 5 heteroatoms. The molecule has 0 unspecified atom stereocenters. The van der Waals surface area contributed by atoms with Crippen molar-refractivity contribution in [1.82, 2.24) is 4.90 Å². The highest BCUT2D eigenvalue weighted by molar-refractivity contribution is 5.88. The average molecular weight is 307 g/mol. The minimum atomic E-state index is -0.964. The number of methoxy groups -OCH3 is 1. The Morgan fingerprint density at radius 1 is 1.32 bits per heavy atom. The van der Waals surface area contributed by atoms with E-state index in [2.05, 4.69) is 11.8 Å². The van der Waals surface area contributed by atoms with E-state index >= 15 is 0 Å². The van der Waals surface area contributed by atoms with E-state index < -0.39 is 5.97 Å². The van der Waals surface area contributed by atoms with E-state index in [0.29, 0.717) is 11.5 Å². The van der Waals surface area contributed by atoms with Crippen molar-refractivity contribution in [3.05, 3.63) is 23.8 Å². The Kier molecular flexibility index (Phi) is 6.07. The zero-order valence-electron chi connectivity index (χ0n) is 13.4. The van der Waals surface area contributed by atoms with Crippen molar-refractivity contribution in [3.8, 4) is 11.5 Å². The third-order valence-electron chi connectivity index (χ3n) is 4.07. The number of carboxylic acids is 1. The Bertz CT molecular complexity index is 495. The minimum Gasteiger partial charge on any atom is -0.493 e. The molecular weight excluding hydrogens is 282 g/mol. The fraction of sp³-hybridized carbons (Fsp3) is 0.588. The van der Waals surface area contributed by atoms with Gasteiger partial charge in [-0.3, -0.25) is 0 Å². The van der Waals surface area contributed by atoms with Crippen LogP contribution in [0.3, 0.4) is 0 Å². The van der Waals surface area contributed by atoms with Crippen molar-refractivity contribution in [2.45, 2.75) is 38.7 Å². The molecule has 0 saturated carbocycles. The van der Waals surface area contributed by atoms with Crippen LogP contribution in [-0.4, -0.2) is 48.8 Å². The number of likely N-dealkylation sites (tertiary alicyclic amines) is 1. The molecule has 0 radical (unpaired) electrons. The Labute approximate surface area is 131 Å². The van der Waals surface area contributed by atoms with Crippen LogP contribution < -0.4 is 9.47 Å². The number of ether oxygens (including phenoxy) is 2. The monoisotopic (exact) mass is 307 g/mol. The van der Waals surface area contributed by atoms with Crippen molar-refractivity contribution in [2.75, 3.05) is 26.7 Å². The second kappa shape index (κ2) is 8.03. The summed E-state index contributed by atoms with van der Waals surface area (Å²) in [6.07, 6.45) is 4.63. The predicted molar refractivity (Wildman–Crippen MR) is 85.0 cm³/mol. The smallest absolute Gasteiger partial charge is 0.335 e. The Morgan fingerprint density at radius 2 is 2.05 bits per heavy atom. The van der Waals surface area contributed by atoms with Crippen LogP contribution in [0.25, 0.3) is 0 Å². The first kappa shape index (κ1) is 16.6. The van der Waals surface area contributed by atoms with E-state index in [1.54, 1.807) is 12.1 Å². The number of nitrogens with zero attached hydrogens (tertiary/aromatic N) is 1. The maximum Gasteiger partial charge on any atom is 0.335 e. The zero-order valence-corrected chi connectivity index (χ0v) is 13.4. The van der Waals surface area contributed by atoms with Gasteiger partial charge in [-0.15, -0.1) is 0 Å². The molecule has 122 valence electrons. The van der Waals surface area contributed by atoms with Gasteiger partial charge in [0.25, 0.3) is 0 Å². The Morgan fingerprint density at radius 3 is 2.64 bits per heavy atom. The standard InChI is InChI=1S/C17H25NO4/c1-3-4-9-18-10-7-14(8-11-18)22-15-6-5-13(17(19)20)12-16(15)21-2/h5-6,12,14H,3-4,7-11H2,1-2H3,(H,19,20). The third kappa shape index (κ3) is 4.37. The van der Waals surface area contributed by atoms with Crippen LogP contribution in [0.4, 0.5) is 0 Å². The third-order valence-corrected chi connectivity index (χ3v) is 4.07. The van der Waals surface area contributed by atoms with Gasteiger partial charge >= 0.3 is 5.97 Å². The van der Waals surface area contributed by atoms with Crippen molar-refractivity contribution in [3.63, 3.8) is 0 Å². The number of rotatable bonds is 7. The molecule has 1 aliphatic heterocycles. The summed E-state index contributed by atoms with van der Waals surface area (Å²) in [4.78, 5) is 13.5. The fourth-order valence-electron chi connectivity index (χ4n) is 2.71. The molecule has 5 nitrogen and oxygen atoms in total. The van der Waals surface area contributed by atoms with Gasteiger partial charge in [0, 0.05) is 13.1 Å². The molecule has 2 rings (SSSR count). The van der Waals surface area contributed by atoms with Gasteiger partial charge in [0.1, 0.15) is 6.10 Å². The van der Waals surface area contributed by atoms with Crippen LogP contribution in [0.15, 0.2) is 18.2 Å². The normalized spacial score (nSPS) is 16.5. The molecule has 0 spiro atoms. The van der Waals surface area contributed by atoms with Gasteiger partial charge in [0.05, 0.1) is 12.7 Å². The average Bonchev–Trinajstić information content (AvgIpc) is 2.54. The van der Waals surface area contributed by atoms with Gasteiger partial charge in [-0.25, -0.2) is 4.79 Å². The maximum atomic E-state index is 11.0. The molecule has 0 atom stereocenters. The summed E-state index contributed by atoms with van der Waals surface area (Å²) in [6.45, 7) is 5.49. The first-order valence-electron chi connectivity index (χ1n) is 7.94. The van der Waals surface area contributed by atoms with Gasteiger partial charge in [-0.1, -0.05) is 13.3 Å². The number of carboxylic acid groups (broad SMARTS) is 1. The largest absolute Gasteiger partial charge is 0.493 e. The molecule has 1 aromatic rings. The topological polar surface area (TPSA) is 59.0 Å². The van der Waals surface area contributed by atoms with E-state index in [0.717, 1.165) is 25.9 Å². The highest BCUT2D eigenvalue weighted by atomic mass is 16.5. The van der Waals surface area contributed by atoms with Crippen molar-refractivity contribution >= 4 is 5.97 Å². The maximum absolute atomic E-state index is 11.0. The molecule has 0 bridgehead atoms. The lowest BCUT2D eigenvalue weighted by molar-refractivity contribution is 0.0696. The second-order valence-electron chi connectivity index (χ2n) is 5.68. The molecule has 1 saturated heterocycles. The van der Waals surface area contributed by atoms with E-state index in [1.807, 2.05) is 0 Å². The van der Waals surface area contributed by atoms with Crippen LogP contribution in [0.5, 0.6) is 11.5 Å². The van der Waals surface area contributed by atoms with Crippen molar-refractivity contribution in [2.24, 2.45) is 0 Å². The van der Waals surface area contributed by atoms with Crippen LogP contribution >= 0.6 is 0 Å². The number of hydrogen-bond donors (Lipinski definition) is 1. The lowest BCUT2D eigenvalue weighted by Gasteiger charge is -2.32. The highest BCUT2D eigenvalue weighted by Gasteiger charge is 2.21. The molecule has 1 heterocycles. The quantitative estimate of drug-likeness (QED) is 0.839. The number of carbonyl (C=O) groups is 1. The van der Waals surface area contributed by atoms with Crippen molar-refractivity contribution in [1.29, 1.82) is 0 Å². The van der Waals surface area contributed by atoms with Gasteiger partial charge < -0.3 is 19.5 Å². The highest BCUT2D eigenvalue weighted by Crippen LogP contribution is 2.30. The number of benzene rings is 1. The zero-order chi connectivity index (χ0) is 15.9. The van der Waals surface area contributed by atoms with Gasteiger partial charge in [-0.05, 0) is 44.0 Å². The number of piperidine rings is 1. The van der Waals surface area contributed by atoms with Crippen LogP contribution in [0, 0.1) is 0 Å². The SMILES string of the molecule is CCCCN1CCC(Oc2ccc(C(=O)O)cc2OC)CC1. The Hall–Kier alpha value is -1.75. The minimum absolute atomic E-state index is 0.169. The molecular formula is C17H25NO4. The first-order chi connectivity index (χ1) is 10.6. The number of aromatic carboxylic acids is 1. The van der Waals surface area contributed by atoms with Crippen molar-refractivity contribution < 1.29 is 19.4 Å². The molecule has 1 aromatic carbocycles. The van der Waals surface area contributed by atoms with Crippen LogP contribution in [0.1, 0.15) is 43.0 Å². The lowest BCUT2D eigenvalue weighted by Crippen LogP contribution is -2.38. The van der Waals surface area contributed by atoms with Gasteiger partial charge in [0.15, 0.2) is 11.5 Å². The molecule has 1 N–H and O–H groups in total.